The maximum Gasteiger partial charge on any atom is 0.326 e. The van der Waals surface area contributed by atoms with Gasteiger partial charge in [-0.05, 0) is 6.42 Å². The van der Waals surface area contributed by atoms with Crippen LogP contribution in [0.2, 0.25) is 0 Å². The number of amides is 1. The molecule has 1 N–H and O–H groups in total. The summed E-state index contributed by atoms with van der Waals surface area (Å²) < 4.78 is 0. The van der Waals surface area contributed by atoms with Gasteiger partial charge in [0.05, 0.1) is 0 Å². The number of likely N-dealkylation sites (N-methyl/N-ethyl adjacent to an activating group) is 1. The van der Waals surface area contributed by atoms with E-state index in [1.165, 1.54) is 4.90 Å². The molecular weight excluding hydrogens is 146 g/mol. The smallest absolute Gasteiger partial charge is 0.326 e. The maximum atomic E-state index is 11.1. The monoisotopic (exact) mass is 155 g/mol. The first-order chi connectivity index (χ1) is 5.13. The topological polar surface area (TPSA) is 57.6 Å². The van der Waals surface area contributed by atoms with E-state index in [4.69, 9.17) is 5.11 Å². The number of fused-ring (bicyclic) bond motifs is 1. The van der Waals surface area contributed by atoms with Crippen LogP contribution in [0.3, 0.4) is 0 Å². The number of carbonyl (C=O) groups excluding carboxylic acids is 1. The number of carboxylic acid groups (broad SMARTS) is 1. The molecule has 3 unspecified atom stereocenters. The summed E-state index contributed by atoms with van der Waals surface area (Å²) in [4.78, 5) is 23.1. The largest absolute Gasteiger partial charge is 0.480 e. The van der Waals surface area contributed by atoms with Crippen molar-refractivity contribution in [2.75, 3.05) is 7.05 Å². The van der Waals surface area contributed by atoms with Crippen LogP contribution in [-0.2, 0) is 9.59 Å². The minimum absolute atomic E-state index is 0.00222. The number of likely N-dealkylation sites (tertiary alicyclic amines) is 1. The summed E-state index contributed by atoms with van der Waals surface area (Å²) >= 11 is 0. The number of carboxylic acids is 1. The fourth-order valence-corrected chi connectivity index (χ4v) is 1.88. The number of piperidine rings is 1. The number of nitrogens with zero attached hydrogens (tertiary/aromatic N) is 1. The Kier molecular flexibility index (Phi) is 1.06. The van der Waals surface area contributed by atoms with Gasteiger partial charge < -0.3 is 10.0 Å². The van der Waals surface area contributed by atoms with Crippen LogP contribution in [0.25, 0.3) is 0 Å². The van der Waals surface area contributed by atoms with Crippen molar-refractivity contribution < 1.29 is 14.7 Å². The molecule has 60 valence electrons. The zero-order chi connectivity index (χ0) is 8.17. The molecule has 11 heavy (non-hydrogen) atoms. The van der Waals surface area contributed by atoms with E-state index in [-0.39, 0.29) is 17.7 Å². The summed E-state index contributed by atoms with van der Waals surface area (Å²) in [6.45, 7) is 0. The lowest BCUT2D eigenvalue weighted by atomic mass is 10.2. The van der Waals surface area contributed by atoms with Gasteiger partial charge in [-0.25, -0.2) is 4.79 Å². The first kappa shape index (κ1) is 6.64. The molecule has 1 aliphatic carbocycles. The number of hydrogen-bond acceptors (Lipinski definition) is 2. The second-order valence-corrected chi connectivity index (χ2v) is 3.24. The van der Waals surface area contributed by atoms with Gasteiger partial charge >= 0.3 is 5.97 Å². The third kappa shape index (κ3) is 0.692. The molecule has 0 radical (unpaired) electrons. The van der Waals surface area contributed by atoms with Gasteiger partial charge in [-0.3, -0.25) is 4.79 Å². The molecule has 1 aliphatic heterocycles. The van der Waals surface area contributed by atoms with E-state index in [0.717, 1.165) is 6.42 Å². The summed E-state index contributed by atoms with van der Waals surface area (Å²) in [5, 5.41) is 8.70. The lowest BCUT2D eigenvalue weighted by Crippen LogP contribution is -2.38. The third-order valence-corrected chi connectivity index (χ3v) is 2.58. The molecule has 0 aromatic carbocycles. The highest BCUT2D eigenvalue weighted by molar-refractivity contribution is 5.92. The quantitative estimate of drug-likeness (QED) is 0.557. The normalized spacial score (nSPS) is 40.6. The number of hydrogen-bond donors (Lipinski definition) is 1. The van der Waals surface area contributed by atoms with Crippen LogP contribution in [0.15, 0.2) is 0 Å². The summed E-state index contributed by atoms with van der Waals surface area (Å²) in [6, 6.07) is -0.549. The van der Waals surface area contributed by atoms with Crippen molar-refractivity contribution >= 4 is 11.9 Å². The Morgan fingerprint density at radius 1 is 1.73 bits per heavy atom. The number of rotatable bonds is 1. The molecule has 3 atom stereocenters. The van der Waals surface area contributed by atoms with Gasteiger partial charge in [0.1, 0.15) is 6.04 Å². The molecule has 4 heteroatoms. The average molecular weight is 155 g/mol. The van der Waals surface area contributed by atoms with E-state index in [9.17, 15) is 9.59 Å². The van der Waals surface area contributed by atoms with Crippen molar-refractivity contribution in [3.63, 3.8) is 0 Å². The Morgan fingerprint density at radius 3 is 2.64 bits per heavy atom. The van der Waals surface area contributed by atoms with Crippen LogP contribution in [-0.4, -0.2) is 35.0 Å². The molecule has 2 aliphatic rings. The highest BCUT2D eigenvalue weighted by atomic mass is 16.4. The van der Waals surface area contributed by atoms with Gasteiger partial charge in [-0.2, -0.15) is 0 Å². The zero-order valence-corrected chi connectivity index (χ0v) is 6.15. The number of carbonyl (C=O) groups is 2. The molecule has 0 spiro atoms. The van der Waals surface area contributed by atoms with Crippen molar-refractivity contribution in [2.24, 2.45) is 11.8 Å². The summed E-state index contributed by atoms with van der Waals surface area (Å²) in [6.07, 6.45) is 0.778. The van der Waals surface area contributed by atoms with Crippen molar-refractivity contribution in [2.45, 2.75) is 12.5 Å². The van der Waals surface area contributed by atoms with Gasteiger partial charge in [-0.1, -0.05) is 0 Å². The predicted molar refractivity (Wildman–Crippen MR) is 35.8 cm³/mol. The minimum atomic E-state index is -0.870. The Bertz CT molecular complexity index is 238. The zero-order valence-electron chi connectivity index (χ0n) is 6.15. The molecule has 2 rings (SSSR count). The van der Waals surface area contributed by atoms with Gasteiger partial charge in [0.15, 0.2) is 0 Å². The van der Waals surface area contributed by atoms with Crippen LogP contribution in [0.4, 0.5) is 0 Å². The van der Waals surface area contributed by atoms with Crippen molar-refractivity contribution in [3.8, 4) is 0 Å². The van der Waals surface area contributed by atoms with E-state index in [2.05, 4.69) is 0 Å². The van der Waals surface area contributed by atoms with Crippen LogP contribution >= 0.6 is 0 Å². The van der Waals surface area contributed by atoms with Crippen LogP contribution < -0.4 is 0 Å². The first-order valence-corrected chi connectivity index (χ1v) is 3.62. The second kappa shape index (κ2) is 1.75. The fourth-order valence-electron chi connectivity index (χ4n) is 1.88. The lowest BCUT2D eigenvalue weighted by Gasteiger charge is -2.18. The number of aliphatic carboxylic acids is 1. The highest BCUT2D eigenvalue weighted by Crippen LogP contribution is 2.49. The molecule has 0 aromatic rings. The highest BCUT2D eigenvalue weighted by Gasteiger charge is 2.60. The average Bonchev–Trinajstić information content (AvgIpc) is 2.61. The molecule has 1 amide bonds. The van der Waals surface area contributed by atoms with Crippen molar-refractivity contribution in [3.05, 3.63) is 0 Å². The Labute approximate surface area is 63.8 Å². The van der Waals surface area contributed by atoms with Gasteiger partial charge in [0.25, 0.3) is 0 Å². The Balaban J connectivity index is 2.23. The third-order valence-electron chi connectivity index (χ3n) is 2.58. The molecular formula is C7H9NO3. The van der Waals surface area contributed by atoms with E-state index < -0.39 is 12.0 Å². The van der Waals surface area contributed by atoms with Gasteiger partial charge in [0, 0.05) is 18.9 Å². The molecule has 2 fully saturated rings. The van der Waals surface area contributed by atoms with Crippen molar-refractivity contribution in [1.82, 2.24) is 4.90 Å². The van der Waals surface area contributed by atoms with Crippen molar-refractivity contribution in [1.29, 1.82) is 0 Å². The first-order valence-electron chi connectivity index (χ1n) is 3.62. The SMILES string of the molecule is CN1C(=O)C2CC2C1C(=O)O. The summed E-state index contributed by atoms with van der Waals surface area (Å²) in [7, 11) is 1.56. The lowest BCUT2D eigenvalue weighted by molar-refractivity contribution is -0.146. The fraction of sp³-hybridized carbons (Fsp3) is 0.714. The van der Waals surface area contributed by atoms with E-state index in [1.54, 1.807) is 7.05 Å². The van der Waals surface area contributed by atoms with Gasteiger partial charge in [-0.15, -0.1) is 0 Å². The van der Waals surface area contributed by atoms with Crippen LogP contribution in [0.5, 0.6) is 0 Å². The minimum Gasteiger partial charge on any atom is -0.480 e. The second-order valence-electron chi connectivity index (χ2n) is 3.24. The standard InChI is InChI=1S/C7H9NO3/c1-8-5(7(10)11)3-2-4(3)6(8)9/h3-5H,2H2,1H3,(H,10,11). The summed E-state index contributed by atoms with van der Waals surface area (Å²) in [5.41, 5.74) is 0. The van der Waals surface area contributed by atoms with Crippen LogP contribution in [0.1, 0.15) is 6.42 Å². The predicted octanol–water partition coefficient (Wildman–Crippen LogP) is -0.452. The summed E-state index contributed by atoms with van der Waals surface area (Å²) in [5.74, 6) is -0.737. The Morgan fingerprint density at radius 2 is 2.36 bits per heavy atom. The van der Waals surface area contributed by atoms with Gasteiger partial charge in [0.2, 0.25) is 5.91 Å². The molecule has 1 heterocycles. The van der Waals surface area contributed by atoms with E-state index in [0.29, 0.717) is 0 Å². The molecule has 0 bridgehead atoms. The molecule has 4 nitrogen and oxygen atoms in total. The Hall–Kier alpha value is -1.06. The van der Waals surface area contributed by atoms with E-state index >= 15 is 0 Å². The van der Waals surface area contributed by atoms with E-state index in [1.807, 2.05) is 0 Å². The molecule has 1 saturated heterocycles. The molecule has 1 saturated carbocycles. The van der Waals surface area contributed by atoms with Crippen LogP contribution in [0, 0.1) is 11.8 Å². The maximum absolute atomic E-state index is 11.1. The molecule has 0 aromatic heterocycles.